The van der Waals surface area contributed by atoms with Crippen LogP contribution in [0.4, 0.5) is 5.95 Å². The zero-order valence-corrected chi connectivity index (χ0v) is 22.5. The fraction of sp³-hybridized carbons (Fsp3) is 0.458. The molecule has 0 saturated carbocycles. The molecule has 1 aliphatic heterocycles. The number of aryl methyl sites for hydroxylation is 1. The molecule has 1 fully saturated rings. The summed E-state index contributed by atoms with van der Waals surface area (Å²) in [6.07, 6.45) is 2.32. The number of imidazole rings is 1. The van der Waals surface area contributed by atoms with Crippen LogP contribution in [0.3, 0.4) is 0 Å². The minimum Gasteiger partial charge on any atom is -0.419 e. The molecule has 0 amide bonds. The van der Waals surface area contributed by atoms with Crippen molar-refractivity contribution in [3.8, 4) is 11.5 Å². The minimum atomic E-state index is -0.433. The van der Waals surface area contributed by atoms with Crippen LogP contribution in [-0.2, 0) is 20.6 Å². The number of fused-ring (bicyclic) bond motifs is 1. The number of halogens is 2. The Kier molecular flexibility index (Phi) is 7.11. The summed E-state index contributed by atoms with van der Waals surface area (Å²) in [4.78, 5) is 35.2. The number of rotatable bonds is 7. The Morgan fingerprint density at radius 2 is 1.76 bits per heavy atom. The second-order valence-electron chi connectivity index (χ2n) is 9.19. The summed E-state index contributed by atoms with van der Waals surface area (Å²) in [7, 11) is 3.08. The van der Waals surface area contributed by atoms with Crippen molar-refractivity contribution in [2.75, 3.05) is 37.6 Å². The molecule has 37 heavy (non-hydrogen) atoms. The molecule has 0 bridgehead atoms. The van der Waals surface area contributed by atoms with Gasteiger partial charge < -0.3 is 9.32 Å². The Bertz CT molecular complexity index is 1560. The molecular weight excluding hydrogens is 519 g/mol. The SMILES string of the molecule is CCCCN1CCN(c2nc3c(c(=O)n(C)c(=O)n3C)n2Cc2nnc(-c3ccc(Cl)c(Cl)c3)o2)CC1. The number of nitrogens with zero attached hydrogens (tertiary/aromatic N) is 8. The minimum absolute atomic E-state index is 0.115. The molecule has 1 saturated heterocycles. The maximum absolute atomic E-state index is 13.2. The van der Waals surface area contributed by atoms with E-state index in [1.165, 1.54) is 11.6 Å². The van der Waals surface area contributed by atoms with Crippen molar-refractivity contribution in [3.05, 3.63) is 55.0 Å². The van der Waals surface area contributed by atoms with Crippen molar-refractivity contribution in [1.82, 2.24) is 33.8 Å². The topological polar surface area (TPSA) is 107 Å². The lowest BCUT2D eigenvalue weighted by molar-refractivity contribution is 0.252. The summed E-state index contributed by atoms with van der Waals surface area (Å²) in [6, 6.07) is 5.06. The Balaban J connectivity index is 1.54. The van der Waals surface area contributed by atoms with Crippen LogP contribution in [0.1, 0.15) is 25.7 Å². The fourth-order valence-corrected chi connectivity index (χ4v) is 4.88. The molecular formula is C24H28Cl2N8O3. The van der Waals surface area contributed by atoms with Gasteiger partial charge in [-0.3, -0.25) is 23.4 Å². The molecule has 4 aromatic rings. The van der Waals surface area contributed by atoms with Crippen LogP contribution >= 0.6 is 23.2 Å². The van der Waals surface area contributed by atoms with Gasteiger partial charge in [-0.05, 0) is 31.2 Å². The summed E-state index contributed by atoms with van der Waals surface area (Å²) < 4.78 is 10.2. The predicted octanol–water partition coefficient (Wildman–Crippen LogP) is 2.76. The number of benzene rings is 1. The predicted molar refractivity (Wildman–Crippen MR) is 143 cm³/mol. The maximum atomic E-state index is 13.2. The lowest BCUT2D eigenvalue weighted by atomic mass is 10.2. The third-order valence-corrected chi connectivity index (χ3v) is 7.48. The molecule has 4 heterocycles. The first-order chi connectivity index (χ1) is 17.8. The third kappa shape index (κ3) is 4.78. The summed E-state index contributed by atoms with van der Waals surface area (Å²) in [5.41, 5.74) is 0.397. The smallest absolute Gasteiger partial charge is 0.332 e. The first kappa shape index (κ1) is 25.5. The van der Waals surface area contributed by atoms with Gasteiger partial charge in [-0.1, -0.05) is 36.5 Å². The van der Waals surface area contributed by atoms with Gasteiger partial charge in [-0.25, -0.2) is 4.79 Å². The fourth-order valence-electron chi connectivity index (χ4n) is 4.58. The van der Waals surface area contributed by atoms with E-state index in [-0.39, 0.29) is 12.4 Å². The maximum Gasteiger partial charge on any atom is 0.332 e. The van der Waals surface area contributed by atoms with E-state index in [0.29, 0.717) is 38.6 Å². The molecule has 0 unspecified atom stereocenters. The van der Waals surface area contributed by atoms with Gasteiger partial charge >= 0.3 is 5.69 Å². The van der Waals surface area contributed by atoms with Gasteiger partial charge in [0.05, 0.1) is 10.0 Å². The Hall–Kier alpha value is -3.15. The number of aromatic nitrogens is 6. The van der Waals surface area contributed by atoms with E-state index in [1.807, 2.05) is 0 Å². The van der Waals surface area contributed by atoms with Crippen LogP contribution < -0.4 is 16.1 Å². The van der Waals surface area contributed by atoms with Crippen molar-refractivity contribution < 1.29 is 4.42 Å². The zero-order chi connectivity index (χ0) is 26.3. The van der Waals surface area contributed by atoms with Crippen LogP contribution in [-0.4, -0.2) is 66.5 Å². The summed E-state index contributed by atoms with van der Waals surface area (Å²) in [5.74, 6) is 1.17. The first-order valence-corrected chi connectivity index (χ1v) is 13.0. The third-order valence-electron chi connectivity index (χ3n) is 6.74. The van der Waals surface area contributed by atoms with Crippen molar-refractivity contribution in [2.24, 2.45) is 14.1 Å². The zero-order valence-electron chi connectivity index (χ0n) is 20.9. The van der Waals surface area contributed by atoms with Gasteiger partial charge in [0.1, 0.15) is 6.54 Å². The van der Waals surface area contributed by atoms with E-state index in [9.17, 15) is 9.59 Å². The van der Waals surface area contributed by atoms with E-state index in [2.05, 4.69) is 26.9 Å². The monoisotopic (exact) mass is 546 g/mol. The van der Waals surface area contributed by atoms with Crippen molar-refractivity contribution in [2.45, 2.75) is 26.3 Å². The Morgan fingerprint density at radius 3 is 2.46 bits per heavy atom. The highest BCUT2D eigenvalue weighted by atomic mass is 35.5. The molecule has 196 valence electrons. The number of unbranched alkanes of at least 4 members (excludes halogenated alkanes) is 1. The first-order valence-electron chi connectivity index (χ1n) is 12.2. The van der Waals surface area contributed by atoms with Gasteiger partial charge in [-0.15, -0.1) is 10.2 Å². The number of hydrogen-bond donors (Lipinski definition) is 0. The van der Waals surface area contributed by atoms with Crippen LogP contribution in [0.5, 0.6) is 0 Å². The molecule has 0 radical (unpaired) electrons. The summed E-state index contributed by atoms with van der Waals surface area (Å²) in [5, 5.41) is 9.17. The molecule has 0 spiro atoms. The quantitative estimate of drug-likeness (QED) is 0.348. The highest BCUT2D eigenvalue weighted by Crippen LogP contribution is 2.28. The second-order valence-corrected chi connectivity index (χ2v) is 10.0. The van der Waals surface area contributed by atoms with E-state index in [0.717, 1.165) is 50.1 Å². The normalized spacial score (nSPS) is 14.7. The number of hydrogen-bond acceptors (Lipinski definition) is 8. The van der Waals surface area contributed by atoms with Crippen molar-refractivity contribution in [1.29, 1.82) is 0 Å². The average molecular weight is 547 g/mol. The lowest BCUT2D eigenvalue weighted by Gasteiger charge is -2.35. The molecule has 0 atom stereocenters. The molecule has 1 aromatic carbocycles. The molecule has 3 aromatic heterocycles. The highest BCUT2D eigenvalue weighted by Gasteiger charge is 2.26. The molecule has 13 heteroatoms. The Morgan fingerprint density at radius 1 is 1.00 bits per heavy atom. The van der Waals surface area contributed by atoms with Crippen LogP contribution in [0.15, 0.2) is 32.2 Å². The number of piperazine rings is 1. The van der Waals surface area contributed by atoms with Gasteiger partial charge in [-0.2, -0.15) is 4.98 Å². The van der Waals surface area contributed by atoms with Crippen LogP contribution in [0.2, 0.25) is 10.0 Å². The van der Waals surface area contributed by atoms with E-state index in [1.54, 1.807) is 29.8 Å². The van der Waals surface area contributed by atoms with Gasteiger partial charge in [0, 0.05) is 45.8 Å². The van der Waals surface area contributed by atoms with Gasteiger partial charge in [0.25, 0.3) is 5.56 Å². The molecule has 5 rings (SSSR count). The van der Waals surface area contributed by atoms with Gasteiger partial charge in [0.15, 0.2) is 11.2 Å². The van der Waals surface area contributed by atoms with E-state index >= 15 is 0 Å². The largest absolute Gasteiger partial charge is 0.419 e. The Labute approximate surface area is 222 Å². The van der Waals surface area contributed by atoms with Crippen LogP contribution in [0.25, 0.3) is 22.6 Å². The van der Waals surface area contributed by atoms with Crippen LogP contribution in [0, 0.1) is 0 Å². The van der Waals surface area contributed by atoms with Crippen molar-refractivity contribution in [3.63, 3.8) is 0 Å². The average Bonchev–Trinajstić information content (AvgIpc) is 3.52. The molecule has 11 nitrogen and oxygen atoms in total. The van der Waals surface area contributed by atoms with Crippen molar-refractivity contribution >= 4 is 40.3 Å². The van der Waals surface area contributed by atoms with Gasteiger partial charge in [0.2, 0.25) is 17.7 Å². The molecule has 1 aliphatic rings. The summed E-state index contributed by atoms with van der Waals surface area (Å²) in [6.45, 7) is 6.65. The highest BCUT2D eigenvalue weighted by molar-refractivity contribution is 6.42. The number of anilines is 1. The molecule has 0 aliphatic carbocycles. The summed E-state index contributed by atoms with van der Waals surface area (Å²) >= 11 is 12.2. The van der Waals surface area contributed by atoms with E-state index in [4.69, 9.17) is 32.6 Å². The van der Waals surface area contributed by atoms with E-state index < -0.39 is 11.2 Å². The second kappa shape index (κ2) is 10.3. The molecule has 0 N–H and O–H groups in total. The lowest BCUT2D eigenvalue weighted by Crippen LogP contribution is -2.47. The standard InChI is InChI=1S/C24H28Cl2N8O3/c1-4-5-8-32-9-11-33(12-10-32)23-27-20-19(22(35)31(3)24(36)30(20)2)34(23)14-18-28-29-21(37-18)15-6-7-16(25)17(26)13-15/h6-7,13H,4-5,8-12,14H2,1-3H3.